The predicted molar refractivity (Wildman–Crippen MR) is 62.9 cm³/mol. The molecule has 1 aliphatic carbocycles. The minimum absolute atomic E-state index is 0.120. The van der Waals surface area contributed by atoms with Gasteiger partial charge in [-0.05, 0) is 19.8 Å². The fraction of sp³-hybridized carbons (Fsp3) is 0.917. The van der Waals surface area contributed by atoms with Crippen LogP contribution in [0.25, 0.3) is 0 Å². The average Bonchev–Trinajstić information content (AvgIpc) is 2.53. The molecule has 0 aromatic carbocycles. The van der Waals surface area contributed by atoms with Crippen LogP contribution in [0.3, 0.4) is 0 Å². The SMILES string of the molecule is CN(C(=O)C(C)(N)C(F)(F)F)C1CCCCCC1. The van der Waals surface area contributed by atoms with Crippen molar-refractivity contribution in [2.24, 2.45) is 5.73 Å². The first-order valence-electron chi connectivity index (χ1n) is 6.31. The molecule has 18 heavy (non-hydrogen) atoms. The van der Waals surface area contributed by atoms with Crippen molar-refractivity contribution in [3.8, 4) is 0 Å². The second kappa shape index (κ2) is 5.47. The van der Waals surface area contributed by atoms with Gasteiger partial charge in [0.1, 0.15) is 0 Å². The lowest BCUT2D eigenvalue weighted by Gasteiger charge is -2.35. The van der Waals surface area contributed by atoms with Gasteiger partial charge >= 0.3 is 6.18 Å². The van der Waals surface area contributed by atoms with Crippen molar-refractivity contribution in [2.45, 2.75) is 63.2 Å². The van der Waals surface area contributed by atoms with Gasteiger partial charge in [0.15, 0.2) is 5.54 Å². The number of hydrogen-bond acceptors (Lipinski definition) is 2. The van der Waals surface area contributed by atoms with Gasteiger partial charge in [0.2, 0.25) is 0 Å². The molecule has 106 valence electrons. The zero-order valence-electron chi connectivity index (χ0n) is 10.9. The van der Waals surface area contributed by atoms with Crippen LogP contribution in [0.15, 0.2) is 0 Å². The third-order valence-corrected chi connectivity index (χ3v) is 3.73. The Bertz CT molecular complexity index is 294. The molecule has 0 radical (unpaired) electrons. The molecule has 0 bridgehead atoms. The van der Waals surface area contributed by atoms with Crippen LogP contribution in [0, 0.1) is 0 Å². The number of carbonyl (C=O) groups excluding carboxylic acids is 1. The van der Waals surface area contributed by atoms with Crippen molar-refractivity contribution < 1.29 is 18.0 Å². The van der Waals surface area contributed by atoms with Crippen LogP contribution in [0.2, 0.25) is 0 Å². The van der Waals surface area contributed by atoms with Gasteiger partial charge in [-0.25, -0.2) is 0 Å². The number of carbonyl (C=O) groups is 1. The summed E-state index contributed by atoms with van der Waals surface area (Å²) in [6.45, 7) is 0.739. The summed E-state index contributed by atoms with van der Waals surface area (Å²) >= 11 is 0. The van der Waals surface area contributed by atoms with E-state index in [9.17, 15) is 18.0 Å². The molecule has 1 saturated carbocycles. The lowest BCUT2D eigenvalue weighted by molar-refractivity contribution is -0.194. The Labute approximate surface area is 106 Å². The van der Waals surface area contributed by atoms with E-state index in [-0.39, 0.29) is 6.04 Å². The van der Waals surface area contributed by atoms with E-state index in [2.05, 4.69) is 0 Å². The number of rotatable bonds is 2. The van der Waals surface area contributed by atoms with Crippen molar-refractivity contribution in [1.82, 2.24) is 4.90 Å². The monoisotopic (exact) mass is 266 g/mol. The Morgan fingerprint density at radius 2 is 1.61 bits per heavy atom. The normalized spacial score (nSPS) is 22.1. The fourth-order valence-electron chi connectivity index (χ4n) is 2.30. The largest absolute Gasteiger partial charge is 0.415 e. The van der Waals surface area contributed by atoms with Gasteiger partial charge in [0, 0.05) is 13.1 Å². The summed E-state index contributed by atoms with van der Waals surface area (Å²) in [6, 6.07) is -0.120. The highest BCUT2D eigenvalue weighted by molar-refractivity contribution is 5.86. The van der Waals surface area contributed by atoms with Gasteiger partial charge in [-0.15, -0.1) is 0 Å². The molecule has 1 rings (SSSR count). The van der Waals surface area contributed by atoms with E-state index in [4.69, 9.17) is 5.73 Å². The van der Waals surface area contributed by atoms with Crippen LogP contribution in [-0.4, -0.2) is 35.6 Å². The highest BCUT2D eigenvalue weighted by Gasteiger charge is 2.55. The molecule has 0 aromatic rings. The standard InChI is InChI=1S/C12H21F3N2O/c1-11(16,12(13,14)15)10(18)17(2)9-7-5-3-4-6-8-9/h9H,3-8,16H2,1-2H3. The second-order valence-corrected chi connectivity index (χ2v) is 5.26. The molecule has 0 aromatic heterocycles. The molecule has 1 unspecified atom stereocenters. The maximum absolute atomic E-state index is 12.7. The number of amides is 1. The van der Waals surface area contributed by atoms with Crippen molar-refractivity contribution in [2.75, 3.05) is 7.05 Å². The van der Waals surface area contributed by atoms with Crippen LogP contribution in [-0.2, 0) is 4.79 Å². The molecule has 0 spiro atoms. The van der Waals surface area contributed by atoms with Crippen molar-refractivity contribution in [3.05, 3.63) is 0 Å². The van der Waals surface area contributed by atoms with Gasteiger partial charge < -0.3 is 10.6 Å². The van der Waals surface area contributed by atoms with E-state index in [1.807, 2.05) is 0 Å². The van der Waals surface area contributed by atoms with Gasteiger partial charge in [0.25, 0.3) is 5.91 Å². The molecule has 0 aliphatic heterocycles. The smallest absolute Gasteiger partial charge is 0.341 e. The molecule has 1 amide bonds. The second-order valence-electron chi connectivity index (χ2n) is 5.26. The van der Waals surface area contributed by atoms with Gasteiger partial charge in [0.05, 0.1) is 0 Å². The Hall–Kier alpha value is -0.780. The summed E-state index contributed by atoms with van der Waals surface area (Å²) in [6.07, 6.45) is 0.871. The molecule has 6 heteroatoms. The van der Waals surface area contributed by atoms with Crippen molar-refractivity contribution in [1.29, 1.82) is 0 Å². The van der Waals surface area contributed by atoms with Crippen LogP contribution in [0.4, 0.5) is 13.2 Å². The minimum Gasteiger partial charge on any atom is -0.341 e. The average molecular weight is 266 g/mol. The zero-order chi connectivity index (χ0) is 14.0. The van der Waals surface area contributed by atoms with Gasteiger partial charge in [-0.2, -0.15) is 13.2 Å². The third kappa shape index (κ3) is 3.16. The summed E-state index contributed by atoms with van der Waals surface area (Å²) in [5, 5.41) is 0. The first kappa shape index (κ1) is 15.3. The number of alkyl halides is 3. The van der Waals surface area contributed by atoms with E-state index in [0.29, 0.717) is 0 Å². The Kier molecular flexibility index (Phi) is 4.64. The van der Waals surface area contributed by atoms with Gasteiger partial charge in [-0.1, -0.05) is 25.7 Å². The molecule has 0 heterocycles. The van der Waals surface area contributed by atoms with Crippen LogP contribution < -0.4 is 5.73 Å². The quantitative estimate of drug-likeness (QED) is 0.780. The molecular formula is C12H21F3N2O. The van der Waals surface area contributed by atoms with Crippen molar-refractivity contribution in [3.63, 3.8) is 0 Å². The predicted octanol–water partition coefficient (Wildman–Crippen LogP) is 2.45. The van der Waals surface area contributed by atoms with E-state index in [0.717, 1.165) is 45.4 Å². The molecule has 2 N–H and O–H groups in total. The third-order valence-electron chi connectivity index (χ3n) is 3.73. The number of nitrogens with zero attached hydrogens (tertiary/aromatic N) is 1. The molecular weight excluding hydrogens is 245 g/mol. The lowest BCUT2D eigenvalue weighted by atomic mass is 9.98. The maximum atomic E-state index is 12.7. The van der Waals surface area contributed by atoms with E-state index < -0.39 is 17.6 Å². The molecule has 1 aliphatic rings. The molecule has 1 atom stereocenters. The maximum Gasteiger partial charge on any atom is 0.415 e. The van der Waals surface area contributed by atoms with Gasteiger partial charge in [-0.3, -0.25) is 4.79 Å². The van der Waals surface area contributed by atoms with E-state index in [1.54, 1.807) is 0 Å². The molecule has 1 fully saturated rings. The molecule has 3 nitrogen and oxygen atoms in total. The number of halogens is 3. The van der Waals surface area contributed by atoms with Crippen LogP contribution in [0.5, 0.6) is 0 Å². The zero-order valence-corrected chi connectivity index (χ0v) is 10.9. The molecule has 0 saturated heterocycles. The Morgan fingerprint density at radius 3 is 2.00 bits per heavy atom. The fourth-order valence-corrected chi connectivity index (χ4v) is 2.30. The summed E-state index contributed by atoms with van der Waals surface area (Å²) in [5.41, 5.74) is 2.37. The number of likely N-dealkylation sites (N-methyl/N-ethyl adjacent to an activating group) is 1. The Morgan fingerprint density at radius 1 is 1.17 bits per heavy atom. The highest BCUT2D eigenvalue weighted by Crippen LogP contribution is 2.31. The Balaban J connectivity index is 2.76. The summed E-state index contributed by atoms with van der Waals surface area (Å²) in [4.78, 5) is 13.1. The van der Waals surface area contributed by atoms with E-state index >= 15 is 0 Å². The summed E-state index contributed by atoms with van der Waals surface area (Å²) in [7, 11) is 1.43. The van der Waals surface area contributed by atoms with Crippen LogP contribution in [0.1, 0.15) is 45.4 Å². The van der Waals surface area contributed by atoms with Crippen LogP contribution >= 0.6 is 0 Å². The van der Waals surface area contributed by atoms with Crippen molar-refractivity contribution >= 4 is 5.91 Å². The minimum atomic E-state index is -4.72. The summed E-state index contributed by atoms with van der Waals surface area (Å²) < 4.78 is 38.2. The lowest BCUT2D eigenvalue weighted by Crippen LogP contribution is -2.62. The highest BCUT2D eigenvalue weighted by atomic mass is 19.4. The first-order chi connectivity index (χ1) is 8.18. The number of hydrogen-bond donors (Lipinski definition) is 1. The summed E-state index contributed by atoms with van der Waals surface area (Å²) in [5.74, 6) is -1.04. The number of nitrogens with two attached hydrogens (primary N) is 1. The first-order valence-corrected chi connectivity index (χ1v) is 6.31. The topological polar surface area (TPSA) is 46.3 Å². The van der Waals surface area contributed by atoms with E-state index in [1.165, 1.54) is 11.9 Å².